The molecule has 3 heterocycles. The molecule has 1 aliphatic rings. The van der Waals surface area contributed by atoms with Crippen molar-refractivity contribution in [1.82, 2.24) is 19.9 Å². The molecule has 0 bridgehead atoms. The molecule has 2 aromatic heterocycles. The lowest BCUT2D eigenvalue weighted by atomic mass is 9.84. The number of carboxylic acids is 1. The van der Waals surface area contributed by atoms with Crippen LogP contribution in [0.1, 0.15) is 71.3 Å². The predicted molar refractivity (Wildman–Crippen MR) is 153 cm³/mol. The third-order valence-corrected chi connectivity index (χ3v) is 8.40. The number of amides is 1. The molecule has 206 valence electrons. The van der Waals surface area contributed by atoms with Crippen LogP contribution in [0.15, 0.2) is 78.7 Å². The van der Waals surface area contributed by atoms with Crippen molar-refractivity contribution in [2.24, 2.45) is 0 Å². The van der Waals surface area contributed by atoms with E-state index in [4.69, 9.17) is 4.74 Å². The van der Waals surface area contributed by atoms with Crippen molar-refractivity contribution in [3.63, 3.8) is 0 Å². The smallest absolute Gasteiger partial charge is 0.330 e. The van der Waals surface area contributed by atoms with Gasteiger partial charge in [-0.05, 0) is 35.1 Å². The number of likely N-dealkylation sites (tertiary alicyclic amines) is 1. The van der Waals surface area contributed by atoms with Crippen molar-refractivity contribution >= 4 is 23.2 Å². The highest BCUT2D eigenvalue weighted by Crippen LogP contribution is 2.53. The summed E-state index contributed by atoms with van der Waals surface area (Å²) in [7, 11) is 1.58. The first-order chi connectivity index (χ1) is 19.2. The number of carbonyl (C=O) groups excluding carboxylic acids is 1. The third-order valence-electron chi connectivity index (χ3n) is 7.56. The molecular weight excluding hydrogens is 524 g/mol. The van der Waals surface area contributed by atoms with Crippen LogP contribution < -0.4 is 4.74 Å². The summed E-state index contributed by atoms with van der Waals surface area (Å²) in [6, 6.07) is 14.1. The molecule has 0 aliphatic carbocycles. The van der Waals surface area contributed by atoms with Crippen molar-refractivity contribution in [3.8, 4) is 5.75 Å². The maximum absolute atomic E-state index is 14.6. The summed E-state index contributed by atoms with van der Waals surface area (Å²) >= 11 is 1.40. The van der Waals surface area contributed by atoms with Crippen molar-refractivity contribution in [2.45, 2.75) is 56.5 Å². The average Bonchev–Trinajstić information content (AvgIpc) is 3.60. The molecule has 1 fully saturated rings. The van der Waals surface area contributed by atoms with E-state index in [2.05, 4.69) is 35.7 Å². The fourth-order valence-corrected chi connectivity index (χ4v) is 6.50. The molecule has 0 spiro atoms. The van der Waals surface area contributed by atoms with Crippen LogP contribution in [0.25, 0.3) is 0 Å². The van der Waals surface area contributed by atoms with Gasteiger partial charge in [0.15, 0.2) is 0 Å². The van der Waals surface area contributed by atoms with Crippen molar-refractivity contribution in [3.05, 3.63) is 106 Å². The molecule has 1 N–H and O–H groups in total. The lowest BCUT2D eigenvalue weighted by Crippen LogP contribution is -2.55. The highest BCUT2D eigenvalue weighted by molar-refractivity contribution is 7.09. The van der Waals surface area contributed by atoms with E-state index in [9.17, 15) is 14.7 Å². The molecule has 0 radical (unpaired) electrons. The molecule has 1 saturated heterocycles. The Kier molecular flexibility index (Phi) is 7.42. The molecule has 5 rings (SSSR count). The van der Waals surface area contributed by atoms with Crippen LogP contribution in [0, 0.1) is 0 Å². The lowest BCUT2D eigenvalue weighted by molar-refractivity contribution is -0.149. The first kappa shape index (κ1) is 27.5. The highest BCUT2D eigenvalue weighted by atomic mass is 32.1. The second-order valence-corrected chi connectivity index (χ2v) is 12.0. The van der Waals surface area contributed by atoms with Crippen LogP contribution in [0.2, 0.25) is 0 Å². The summed E-state index contributed by atoms with van der Waals surface area (Å²) in [5.74, 6) is -1.32. The fourth-order valence-electron chi connectivity index (χ4n) is 5.71. The summed E-state index contributed by atoms with van der Waals surface area (Å²) < 4.78 is 5.69. The van der Waals surface area contributed by atoms with Gasteiger partial charge in [-0.25, -0.2) is 9.78 Å². The Labute approximate surface area is 237 Å². The molecule has 3 atom stereocenters. The molecule has 40 heavy (non-hydrogen) atoms. The van der Waals surface area contributed by atoms with Crippen molar-refractivity contribution in [1.29, 1.82) is 0 Å². The van der Waals surface area contributed by atoms with Crippen molar-refractivity contribution in [2.75, 3.05) is 7.11 Å². The normalized spacial score (nSPS) is 20.9. The number of methoxy groups -OCH3 is 1. The van der Waals surface area contributed by atoms with Gasteiger partial charge in [0, 0.05) is 48.1 Å². The van der Waals surface area contributed by atoms with Crippen LogP contribution in [0.5, 0.6) is 5.75 Å². The summed E-state index contributed by atoms with van der Waals surface area (Å²) in [6.45, 7) is 6.23. The maximum Gasteiger partial charge on any atom is 0.330 e. The Hall–Kier alpha value is -4.11. The number of carboxylic acid groups (broad SMARTS) is 1. The summed E-state index contributed by atoms with van der Waals surface area (Å²) in [5.41, 5.74) is 0.977. The highest BCUT2D eigenvalue weighted by Gasteiger charge is 2.60. The topological polar surface area (TPSA) is 106 Å². The standard InChI is InChI=1S/C31H32N4O4S/c1-30(2,3)23-11-10-21(16-25(23)39-4)28(36)35-26(27-34-14-15-40-27)22(24-19-32-12-13-33-24)18-31(35,29(37)38)17-20-8-6-5-7-9-20/h5-16,19,22,26H,17-18H2,1-4H3,(H,37,38)/t22-,26-,31+/m1/s1. The Balaban J connectivity index is 1.72. The van der Waals surface area contributed by atoms with E-state index >= 15 is 0 Å². The van der Waals surface area contributed by atoms with Gasteiger partial charge in [0.1, 0.15) is 16.3 Å². The zero-order valence-corrected chi connectivity index (χ0v) is 23.8. The van der Waals surface area contributed by atoms with E-state index in [1.54, 1.807) is 44.0 Å². The third kappa shape index (κ3) is 4.97. The number of ether oxygens (including phenoxy) is 1. The molecule has 0 saturated carbocycles. The van der Waals surface area contributed by atoms with E-state index in [0.717, 1.165) is 11.1 Å². The SMILES string of the molecule is COc1cc(C(=O)N2[C@@H](c3nccs3)[C@@H](c3cnccn3)C[C@@]2(Cc2ccccc2)C(=O)O)ccc1C(C)(C)C. The van der Waals surface area contributed by atoms with E-state index in [1.807, 2.05) is 41.8 Å². The zero-order chi connectivity index (χ0) is 28.5. The second-order valence-electron chi connectivity index (χ2n) is 11.1. The number of aromatic nitrogens is 3. The number of hydrogen-bond donors (Lipinski definition) is 1. The van der Waals surface area contributed by atoms with Crippen molar-refractivity contribution < 1.29 is 19.4 Å². The van der Waals surface area contributed by atoms with Gasteiger partial charge in [-0.2, -0.15) is 0 Å². The Morgan fingerprint density at radius 1 is 1.10 bits per heavy atom. The van der Waals surface area contributed by atoms with Crippen LogP contribution in [0.4, 0.5) is 0 Å². The minimum atomic E-state index is -1.56. The fraction of sp³-hybridized carbons (Fsp3) is 0.323. The average molecular weight is 557 g/mol. The number of benzene rings is 2. The number of carbonyl (C=O) groups is 2. The van der Waals surface area contributed by atoms with Gasteiger partial charge in [0.05, 0.1) is 18.8 Å². The second kappa shape index (κ2) is 10.8. The van der Waals surface area contributed by atoms with Crippen LogP contribution in [-0.2, 0) is 16.6 Å². The first-order valence-corrected chi connectivity index (χ1v) is 14.0. The van der Waals surface area contributed by atoms with Gasteiger partial charge in [-0.1, -0.05) is 57.2 Å². The first-order valence-electron chi connectivity index (χ1n) is 13.1. The summed E-state index contributed by atoms with van der Waals surface area (Å²) in [4.78, 5) is 42.9. The molecule has 1 aliphatic heterocycles. The van der Waals surface area contributed by atoms with E-state index in [0.29, 0.717) is 22.0 Å². The van der Waals surface area contributed by atoms with Gasteiger partial charge in [-0.15, -0.1) is 11.3 Å². The van der Waals surface area contributed by atoms with Gasteiger partial charge in [0.25, 0.3) is 5.91 Å². The van der Waals surface area contributed by atoms with E-state index in [1.165, 1.54) is 16.2 Å². The van der Waals surface area contributed by atoms with Gasteiger partial charge < -0.3 is 14.7 Å². The number of thiazole rings is 1. The maximum atomic E-state index is 14.6. The molecule has 9 heteroatoms. The van der Waals surface area contributed by atoms with Crippen LogP contribution in [0.3, 0.4) is 0 Å². The molecule has 2 aromatic carbocycles. The van der Waals surface area contributed by atoms with E-state index in [-0.39, 0.29) is 18.3 Å². The monoisotopic (exact) mass is 556 g/mol. The number of nitrogens with zero attached hydrogens (tertiary/aromatic N) is 4. The number of hydrogen-bond acceptors (Lipinski definition) is 7. The Morgan fingerprint density at radius 2 is 1.88 bits per heavy atom. The minimum Gasteiger partial charge on any atom is -0.496 e. The predicted octanol–water partition coefficient (Wildman–Crippen LogP) is 5.68. The van der Waals surface area contributed by atoms with Gasteiger partial charge in [-0.3, -0.25) is 14.8 Å². The van der Waals surface area contributed by atoms with Gasteiger partial charge in [0.2, 0.25) is 0 Å². The summed E-state index contributed by atoms with van der Waals surface area (Å²) in [6.07, 6.45) is 6.78. The quantitative estimate of drug-likeness (QED) is 0.312. The molecular formula is C31H32N4O4S. The zero-order valence-electron chi connectivity index (χ0n) is 22.9. The number of aliphatic carboxylic acids is 1. The number of rotatable bonds is 7. The van der Waals surface area contributed by atoms with Gasteiger partial charge >= 0.3 is 5.97 Å². The molecule has 1 amide bonds. The van der Waals surface area contributed by atoms with Crippen LogP contribution >= 0.6 is 11.3 Å². The Bertz CT molecular complexity index is 1490. The molecule has 8 nitrogen and oxygen atoms in total. The molecule has 4 aromatic rings. The minimum absolute atomic E-state index is 0.130. The summed E-state index contributed by atoms with van der Waals surface area (Å²) in [5, 5.41) is 13.4. The largest absolute Gasteiger partial charge is 0.496 e. The van der Waals surface area contributed by atoms with Crippen LogP contribution in [-0.4, -0.2) is 49.5 Å². The molecule has 0 unspecified atom stereocenters. The Morgan fingerprint density at radius 3 is 2.48 bits per heavy atom. The van der Waals surface area contributed by atoms with E-state index < -0.39 is 29.4 Å². The lowest BCUT2D eigenvalue weighted by Gasteiger charge is -2.38.